The van der Waals surface area contributed by atoms with Gasteiger partial charge in [0.15, 0.2) is 0 Å². The van der Waals surface area contributed by atoms with Gasteiger partial charge in [0.1, 0.15) is 11.5 Å². The molecule has 3 aromatic rings. The first-order valence-corrected chi connectivity index (χ1v) is 6.70. The van der Waals surface area contributed by atoms with E-state index in [-0.39, 0.29) is 5.69 Å². The van der Waals surface area contributed by atoms with E-state index in [4.69, 9.17) is 4.74 Å². The molecule has 0 saturated carbocycles. The van der Waals surface area contributed by atoms with E-state index in [0.717, 1.165) is 0 Å². The number of non-ortho nitro benzene ring substituents is 1. The van der Waals surface area contributed by atoms with Gasteiger partial charge in [-0.2, -0.15) is 5.10 Å². The van der Waals surface area contributed by atoms with Gasteiger partial charge in [0.05, 0.1) is 11.5 Å². The van der Waals surface area contributed by atoms with E-state index in [0.29, 0.717) is 23.6 Å². The van der Waals surface area contributed by atoms with Crippen molar-refractivity contribution in [1.82, 2.24) is 9.78 Å². The third-order valence-electron chi connectivity index (χ3n) is 3.12. The van der Waals surface area contributed by atoms with Gasteiger partial charge in [0, 0.05) is 30.1 Å². The van der Waals surface area contributed by atoms with Crippen LogP contribution < -0.4 is 4.74 Å². The Morgan fingerprint density at radius 3 is 2.64 bits per heavy atom. The van der Waals surface area contributed by atoms with Crippen molar-refractivity contribution in [1.29, 1.82) is 0 Å². The third-order valence-corrected chi connectivity index (χ3v) is 3.12. The van der Waals surface area contributed by atoms with Gasteiger partial charge < -0.3 is 4.74 Å². The molecule has 0 aliphatic heterocycles. The smallest absolute Gasteiger partial charge is 0.270 e. The van der Waals surface area contributed by atoms with E-state index < -0.39 is 4.92 Å². The first-order valence-electron chi connectivity index (χ1n) is 6.70. The molecule has 0 fully saturated rings. The molecule has 6 nitrogen and oxygen atoms in total. The van der Waals surface area contributed by atoms with Crippen molar-refractivity contribution in [2.24, 2.45) is 0 Å². The van der Waals surface area contributed by atoms with Crippen LogP contribution in [-0.4, -0.2) is 14.7 Å². The fourth-order valence-corrected chi connectivity index (χ4v) is 2.09. The van der Waals surface area contributed by atoms with Crippen LogP contribution in [0.25, 0.3) is 0 Å². The first-order chi connectivity index (χ1) is 10.7. The fourth-order valence-electron chi connectivity index (χ4n) is 2.09. The lowest BCUT2D eigenvalue weighted by Crippen LogP contribution is -2.03. The van der Waals surface area contributed by atoms with Gasteiger partial charge in [-0.25, -0.2) is 0 Å². The average Bonchev–Trinajstić information content (AvgIpc) is 3.03. The van der Waals surface area contributed by atoms with Crippen LogP contribution in [0.2, 0.25) is 0 Å². The molecule has 3 rings (SSSR count). The normalized spacial score (nSPS) is 10.4. The van der Waals surface area contributed by atoms with Crippen LogP contribution >= 0.6 is 0 Å². The number of benzene rings is 2. The predicted molar refractivity (Wildman–Crippen MR) is 80.9 cm³/mol. The van der Waals surface area contributed by atoms with E-state index >= 15 is 0 Å². The first kappa shape index (κ1) is 13.8. The van der Waals surface area contributed by atoms with E-state index in [1.165, 1.54) is 12.1 Å². The molecule has 0 bridgehead atoms. The molecule has 0 radical (unpaired) electrons. The number of para-hydroxylation sites is 1. The molecular weight excluding hydrogens is 282 g/mol. The Morgan fingerprint density at radius 2 is 1.95 bits per heavy atom. The maximum atomic E-state index is 11.0. The molecule has 0 amide bonds. The monoisotopic (exact) mass is 295 g/mol. The second-order valence-corrected chi connectivity index (χ2v) is 4.67. The van der Waals surface area contributed by atoms with E-state index in [1.54, 1.807) is 29.2 Å². The van der Waals surface area contributed by atoms with Crippen LogP contribution in [0.5, 0.6) is 11.5 Å². The van der Waals surface area contributed by atoms with Gasteiger partial charge in [-0.1, -0.05) is 18.2 Å². The topological polar surface area (TPSA) is 70.2 Å². The van der Waals surface area contributed by atoms with Crippen molar-refractivity contribution in [2.45, 2.75) is 6.54 Å². The molecular formula is C16H13N3O3. The summed E-state index contributed by atoms with van der Waals surface area (Å²) in [6.07, 6.45) is 3.46. The second kappa shape index (κ2) is 6.09. The van der Waals surface area contributed by atoms with E-state index in [2.05, 4.69) is 5.10 Å². The highest BCUT2D eigenvalue weighted by Crippen LogP contribution is 2.29. The van der Waals surface area contributed by atoms with Crippen molar-refractivity contribution < 1.29 is 9.66 Å². The minimum absolute atomic E-state index is 0.0302. The SMILES string of the molecule is O=[N+]([O-])c1ccc(Oc2ccccc2)c(Cn2cccn2)c1. The van der Waals surface area contributed by atoms with Gasteiger partial charge in [0.2, 0.25) is 0 Å². The molecule has 6 heteroatoms. The number of nitro benzene ring substituents is 1. The number of aromatic nitrogens is 2. The maximum Gasteiger partial charge on any atom is 0.270 e. The summed E-state index contributed by atoms with van der Waals surface area (Å²) in [6.45, 7) is 0.400. The zero-order chi connectivity index (χ0) is 15.4. The van der Waals surface area contributed by atoms with Gasteiger partial charge in [-0.3, -0.25) is 14.8 Å². The number of rotatable bonds is 5. The Hall–Kier alpha value is -3.15. The Bertz CT molecular complexity index is 771. The summed E-state index contributed by atoms with van der Waals surface area (Å²) < 4.78 is 7.52. The molecule has 0 atom stereocenters. The molecule has 0 aliphatic rings. The number of hydrogen-bond acceptors (Lipinski definition) is 4. The number of hydrogen-bond donors (Lipinski definition) is 0. The van der Waals surface area contributed by atoms with Crippen molar-refractivity contribution in [2.75, 3.05) is 0 Å². The lowest BCUT2D eigenvalue weighted by Gasteiger charge is -2.11. The Morgan fingerprint density at radius 1 is 1.14 bits per heavy atom. The highest BCUT2D eigenvalue weighted by molar-refractivity contribution is 5.45. The third kappa shape index (κ3) is 3.12. The molecule has 0 saturated heterocycles. The second-order valence-electron chi connectivity index (χ2n) is 4.67. The number of nitrogens with zero attached hydrogens (tertiary/aromatic N) is 3. The quantitative estimate of drug-likeness (QED) is 0.532. The molecule has 0 aliphatic carbocycles. The van der Waals surface area contributed by atoms with Crippen LogP contribution in [0, 0.1) is 10.1 Å². The molecule has 2 aromatic carbocycles. The minimum atomic E-state index is -0.418. The summed E-state index contributed by atoms with van der Waals surface area (Å²) in [6, 6.07) is 15.7. The van der Waals surface area contributed by atoms with Gasteiger partial charge >= 0.3 is 0 Å². The fraction of sp³-hybridized carbons (Fsp3) is 0.0625. The summed E-state index contributed by atoms with van der Waals surface area (Å²) in [5.74, 6) is 1.25. The Balaban J connectivity index is 1.95. The number of nitro groups is 1. The highest BCUT2D eigenvalue weighted by Gasteiger charge is 2.13. The number of ether oxygens (including phenoxy) is 1. The average molecular weight is 295 g/mol. The van der Waals surface area contributed by atoms with Crippen LogP contribution in [0.15, 0.2) is 67.0 Å². The lowest BCUT2D eigenvalue weighted by atomic mass is 10.1. The highest BCUT2D eigenvalue weighted by atomic mass is 16.6. The zero-order valence-corrected chi connectivity index (χ0v) is 11.6. The van der Waals surface area contributed by atoms with Crippen molar-refractivity contribution in [3.05, 3.63) is 82.7 Å². The largest absolute Gasteiger partial charge is 0.457 e. The van der Waals surface area contributed by atoms with E-state index in [1.807, 2.05) is 30.3 Å². The molecule has 1 aromatic heterocycles. The van der Waals surface area contributed by atoms with Crippen LogP contribution in [0.3, 0.4) is 0 Å². The predicted octanol–water partition coefficient (Wildman–Crippen LogP) is 3.63. The molecule has 110 valence electrons. The molecule has 22 heavy (non-hydrogen) atoms. The van der Waals surface area contributed by atoms with Crippen LogP contribution in [0.4, 0.5) is 5.69 Å². The Kier molecular flexibility index (Phi) is 3.82. The maximum absolute atomic E-state index is 11.0. The van der Waals surface area contributed by atoms with Crippen LogP contribution in [-0.2, 0) is 6.54 Å². The minimum Gasteiger partial charge on any atom is -0.457 e. The van der Waals surface area contributed by atoms with Crippen LogP contribution in [0.1, 0.15) is 5.56 Å². The zero-order valence-electron chi connectivity index (χ0n) is 11.6. The molecule has 0 unspecified atom stereocenters. The molecule has 0 N–H and O–H groups in total. The van der Waals surface area contributed by atoms with Crippen molar-refractivity contribution in [3.8, 4) is 11.5 Å². The summed E-state index contributed by atoms with van der Waals surface area (Å²) >= 11 is 0. The van der Waals surface area contributed by atoms with E-state index in [9.17, 15) is 10.1 Å². The lowest BCUT2D eigenvalue weighted by molar-refractivity contribution is -0.384. The molecule has 1 heterocycles. The summed E-state index contributed by atoms with van der Waals surface area (Å²) in [5.41, 5.74) is 0.726. The van der Waals surface area contributed by atoms with Gasteiger partial charge in [-0.05, 0) is 24.3 Å². The van der Waals surface area contributed by atoms with Crippen molar-refractivity contribution >= 4 is 5.69 Å². The molecule has 0 spiro atoms. The summed E-state index contributed by atoms with van der Waals surface area (Å²) in [4.78, 5) is 10.5. The van der Waals surface area contributed by atoms with Gasteiger partial charge in [-0.15, -0.1) is 0 Å². The Labute approximate surface area is 126 Å². The van der Waals surface area contributed by atoms with Crippen molar-refractivity contribution in [3.63, 3.8) is 0 Å². The standard InChI is InChI=1S/C16H13N3O3/c20-19(21)14-7-8-16(22-15-5-2-1-3-6-15)13(11-14)12-18-10-4-9-17-18/h1-11H,12H2. The summed E-state index contributed by atoms with van der Waals surface area (Å²) in [7, 11) is 0. The summed E-state index contributed by atoms with van der Waals surface area (Å²) in [5, 5.41) is 15.1. The van der Waals surface area contributed by atoms with Gasteiger partial charge in [0.25, 0.3) is 5.69 Å².